The molecule has 0 atom stereocenters. The number of benzene rings is 1. The maximum Gasteiger partial charge on any atom is 0.247 e. The third kappa shape index (κ3) is 4.31. The van der Waals surface area contributed by atoms with Crippen LogP contribution in [-0.4, -0.2) is 22.0 Å². The number of rotatable bonds is 5. The minimum absolute atomic E-state index is 0.149. The summed E-state index contributed by atoms with van der Waals surface area (Å²) in [4.78, 5) is 23.0. The molecule has 6 heteroatoms. The molecule has 0 unspecified atom stereocenters. The highest BCUT2D eigenvalue weighted by Gasteiger charge is 2.06. The average molecular weight is 284 g/mol. The van der Waals surface area contributed by atoms with Gasteiger partial charge in [0.05, 0.1) is 6.42 Å². The van der Waals surface area contributed by atoms with Gasteiger partial charge in [-0.05, 0) is 30.7 Å². The standard InChI is InChI=1S/C15H16N4O2/c1-3-14(20)16-12-6-4-11(5-7-12)9-15(21)17-13-8-10(2)18-19-13/h3-8H,1,9H2,2H3,(H,16,20)(H2,17,18,19,21). The maximum atomic E-state index is 11.9. The Balaban J connectivity index is 1.92. The third-order valence-corrected chi connectivity index (χ3v) is 2.74. The largest absolute Gasteiger partial charge is 0.323 e. The molecule has 2 aromatic rings. The number of aromatic amines is 1. The van der Waals surface area contributed by atoms with Crippen molar-refractivity contribution in [3.05, 3.63) is 54.2 Å². The Morgan fingerprint density at radius 2 is 2.00 bits per heavy atom. The van der Waals surface area contributed by atoms with Gasteiger partial charge in [0.15, 0.2) is 5.82 Å². The summed E-state index contributed by atoms with van der Waals surface area (Å²) in [6.45, 7) is 5.24. The van der Waals surface area contributed by atoms with E-state index in [1.807, 2.05) is 6.92 Å². The van der Waals surface area contributed by atoms with Crippen LogP contribution in [0.25, 0.3) is 0 Å². The van der Waals surface area contributed by atoms with E-state index < -0.39 is 0 Å². The van der Waals surface area contributed by atoms with Crippen molar-refractivity contribution in [1.29, 1.82) is 0 Å². The van der Waals surface area contributed by atoms with E-state index in [1.165, 1.54) is 6.08 Å². The van der Waals surface area contributed by atoms with Gasteiger partial charge in [-0.15, -0.1) is 0 Å². The molecule has 1 aromatic heterocycles. The Labute approximate surface area is 122 Å². The van der Waals surface area contributed by atoms with Crippen molar-refractivity contribution in [2.45, 2.75) is 13.3 Å². The number of aromatic nitrogens is 2. The first kappa shape index (κ1) is 14.5. The fourth-order valence-electron chi connectivity index (χ4n) is 1.75. The lowest BCUT2D eigenvalue weighted by Gasteiger charge is -2.05. The van der Waals surface area contributed by atoms with Crippen molar-refractivity contribution in [2.75, 3.05) is 10.6 Å². The Kier molecular flexibility index (Phi) is 4.50. The second-order valence-electron chi connectivity index (χ2n) is 4.55. The van der Waals surface area contributed by atoms with E-state index in [2.05, 4.69) is 27.4 Å². The summed E-state index contributed by atoms with van der Waals surface area (Å²) >= 11 is 0. The molecule has 2 rings (SSSR count). The van der Waals surface area contributed by atoms with Gasteiger partial charge in [0.1, 0.15) is 0 Å². The Morgan fingerprint density at radius 1 is 1.29 bits per heavy atom. The van der Waals surface area contributed by atoms with Crippen LogP contribution in [0.2, 0.25) is 0 Å². The lowest BCUT2D eigenvalue weighted by molar-refractivity contribution is -0.115. The molecule has 2 amide bonds. The van der Waals surface area contributed by atoms with Crippen molar-refractivity contribution in [3.8, 4) is 0 Å². The highest BCUT2D eigenvalue weighted by Crippen LogP contribution is 2.11. The number of H-pyrrole nitrogens is 1. The van der Waals surface area contributed by atoms with Crippen LogP contribution in [-0.2, 0) is 16.0 Å². The number of amides is 2. The van der Waals surface area contributed by atoms with E-state index in [0.29, 0.717) is 11.5 Å². The SMILES string of the molecule is C=CC(=O)Nc1ccc(CC(=O)Nc2cc(C)[nH]n2)cc1. The van der Waals surface area contributed by atoms with Gasteiger partial charge >= 0.3 is 0 Å². The molecule has 0 spiro atoms. The van der Waals surface area contributed by atoms with Crippen LogP contribution in [0.1, 0.15) is 11.3 Å². The predicted molar refractivity (Wildman–Crippen MR) is 80.9 cm³/mol. The monoisotopic (exact) mass is 284 g/mol. The zero-order valence-electron chi connectivity index (χ0n) is 11.6. The molecule has 108 valence electrons. The van der Waals surface area contributed by atoms with E-state index in [1.54, 1.807) is 30.3 Å². The first-order chi connectivity index (χ1) is 10.1. The molecule has 21 heavy (non-hydrogen) atoms. The Morgan fingerprint density at radius 3 is 2.57 bits per heavy atom. The van der Waals surface area contributed by atoms with Gasteiger partial charge in [0.2, 0.25) is 11.8 Å². The summed E-state index contributed by atoms with van der Waals surface area (Å²) < 4.78 is 0. The Bertz CT molecular complexity index is 659. The van der Waals surface area contributed by atoms with Crippen LogP contribution in [0, 0.1) is 6.92 Å². The van der Waals surface area contributed by atoms with Crippen LogP contribution >= 0.6 is 0 Å². The molecule has 0 radical (unpaired) electrons. The van der Waals surface area contributed by atoms with E-state index >= 15 is 0 Å². The van der Waals surface area contributed by atoms with Crippen molar-refractivity contribution in [1.82, 2.24) is 10.2 Å². The highest BCUT2D eigenvalue weighted by molar-refractivity contribution is 5.98. The average Bonchev–Trinajstić information content (AvgIpc) is 2.86. The maximum absolute atomic E-state index is 11.9. The molecule has 1 heterocycles. The fourth-order valence-corrected chi connectivity index (χ4v) is 1.75. The minimum atomic E-state index is -0.269. The second-order valence-corrected chi connectivity index (χ2v) is 4.55. The molecule has 0 fully saturated rings. The first-order valence-corrected chi connectivity index (χ1v) is 6.41. The molecular weight excluding hydrogens is 268 g/mol. The van der Waals surface area contributed by atoms with Crippen molar-refractivity contribution in [2.24, 2.45) is 0 Å². The van der Waals surface area contributed by atoms with Gasteiger partial charge in [0, 0.05) is 17.4 Å². The highest BCUT2D eigenvalue weighted by atomic mass is 16.2. The van der Waals surface area contributed by atoms with Gasteiger partial charge in [0.25, 0.3) is 0 Å². The lowest BCUT2D eigenvalue weighted by atomic mass is 10.1. The second kappa shape index (κ2) is 6.51. The number of carbonyl (C=O) groups is 2. The number of nitrogens with one attached hydrogen (secondary N) is 3. The molecular formula is C15H16N4O2. The molecule has 0 saturated heterocycles. The molecule has 0 aliphatic rings. The molecule has 0 saturated carbocycles. The van der Waals surface area contributed by atoms with Gasteiger partial charge in [-0.2, -0.15) is 5.10 Å². The summed E-state index contributed by atoms with van der Waals surface area (Å²) in [6.07, 6.45) is 1.44. The third-order valence-electron chi connectivity index (χ3n) is 2.74. The number of hydrogen-bond donors (Lipinski definition) is 3. The van der Waals surface area contributed by atoms with Crippen LogP contribution in [0.5, 0.6) is 0 Å². The van der Waals surface area contributed by atoms with E-state index in [9.17, 15) is 9.59 Å². The number of nitrogens with zero attached hydrogens (tertiary/aromatic N) is 1. The molecule has 1 aromatic carbocycles. The summed E-state index contributed by atoms with van der Waals surface area (Å²) in [5.74, 6) is 0.0890. The predicted octanol–water partition coefficient (Wildman–Crippen LogP) is 2.02. The van der Waals surface area contributed by atoms with Crippen LogP contribution in [0.4, 0.5) is 11.5 Å². The number of aryl methyl sites for hydroxylation is 1. The van der Waals surface area contributed by atoms with E-state index in [-0.39, 0.29) is 18.2 Å². The van der Waals surface area contributed by atoms with Crippen LogP contribution < -0.4 is 10.6 Å². The number of anilines is 2. The minimum Gasteiger partial charge on any atom is -0.323 e. The first-order valence-electron chi connectivity index (χ1n) is 6.41. The van der Waals surface area contributed by atoms with Crippen LogP contribution in [0.3, 0.4) is 0 Å². The summed E-state index contributed by atoms with van der Waals surface area (Å²) in [5.41, 5.74) is 2.39. The summed E-state index contributed by atoms with van der Waals surface area (Å²) in [6, 6.07) is 8.80. The number of carbonyl (C=O) groups excluding carboxylic acids is 2. The normalized spacial score (nSPS) is 9.95. The van der Waals surface area contributed by atoms with E-state index in [0.717, 1.165) is 11.3 Å². The molecule has 0 aliphatic heterocycles. The zero-order chi connectivity index (χ0) is 15.2. The number of hydrogen-bond acceptors (Lipinski definition) is 3. The van der Waals surface area contributed by atoms with Crippen molar-refractivity contribution >= 4 is 23.3 Å². The lowest BCUT2D eigenvalue weighted by Crippen LogP contribution is -2.14. The van der Waals surface area contributed by atoms with Gasteiger partial charge in [-0.25, -0.2) is 0 Å². The van der Waals surface area contributed by atoms with Gasteiger partial charge < -0.3 is 10.6 Å². The van der Waals surface area contributed by atoms with Crippen LogP contribution in [0.15, 0.2) is 43.0 Å². The zero-order valence-corrected chi connectivity index (χ0v) is 11.6. The summed E-state index contributed by atoms with van der Waals surface area (Å²) in [5, 5.41) is 12.0. The molecule has 6 nitrogen and oxygen atoms in total. The fraction of sp³-hybridized carbons (Fsp3) is 0.133. The topological polar surface area (TPSA) is 86.9 Å². The summed E-state index contributed by atoms with van der Waals surface area (Å²) in [7, 11) is 0. The molecule has 3 N–H and O–H groups in total. The Hall–Kier alpha value is -2.89. The van der Waals surface area contributed by atoms with Gasteiger partial charge in [-0.1, -0.05) is 18.7 Å². The van der Waals surface area contributed by atoms with Crippen molar-refractivity contribution in [3.63, 3.8) is 0 Å². The molecule has 0 aliphatic carbocycles. The quantitative estimate of drug-likeness (QED) is 0.734. The smallest absolute Gasteiger partial charge is 0.247 e. The van der Waals surface area contributed by atoms with Gasteiger partial charge in [-0.3, -0.25) is 14.7 Å². The van der Waals surface area contributed by atoms with E-state index in [4.69, 9.17) is 0 Å². The van der Waals surface area contributed by atoms with Crippen molar-refractivity contribution < 1.29 is 9.59 Å². The molecule has 0 bridgehead atoms.